The second kappa shape index (κ2) is 5.78. The highest BCUT2D eigenvalue weighted by Gasteiger charge is 2.13. The van der Waals surface area contributed by atoms with Crippen LogP contribution in [0.3, 0.4) is 0 Å². The van der Waals surface area contributed by atoms with Gasteiger partial charge in [-0.25, -0.2) is 0 Å². The highest BCUT2D eigenvalue weighted by atomic mass is 14.9. The molecule has 18 heavy (non-hydrogen) atoms. The first-order valence-electron chi connectivity index (χ1n) is 6.35. The Bertz CT molecular complexity index is 503. The maximum Gasteiger partial charge on any atom is 0.0605 e. The molecule has 0 bridgehead atoms. The van der Waals surface area contributed by atoms with E-state index in [0.717, 1.165) is 12.1 Å². The number of hydrogen-bond donors (Lipinski definition) is 1. The topological polar surface area (TPSA) is 24.9 Å². The molecule has 0 amide bonds. The minimum Gasteiger partial charge on any atom is -0.311 e. The van der Waals surface area contributed by atoms with Crippen LogP contribution in [0.15, 0.2) is 42.6 Å². The number of nitrogens with one attached hydrogen (secondary N) is 1. The zero-order chi connectivity index (χ0) is 13.0. The van der Waals surface area contributed by atoms with Crippen molar-refractivity contribution in [3.63, 3.8) is 0 Å². The number of pyridine rings is 1. The third-order valence-corrected chi connectivity index (χ3v) is 3.29. The molecule has 2 heteroatoms. The number of hydrogen-bond acceptors (Lipinski definition) is 2. The predicted octanol–water partition coefficient (Wildman–Crippen LogP) is 3.20. The van der Waals surface area contributed by atoms with E-state index in [9.17, 15) is 0 Å². The van der Waals surface area contributed by atoms with Gasteiger partial charge in [0, 0.05) is 6.20 Å². The van der Waals surface area contributed by atoms with Gasteiger partial charge in [-0.1, -0.05) is 35.9 Å². The smallest absolute Gasteiger partial charge is 0.0605 e. The molecule has 0 aliphatic rings. The quantitative estimate of drug-likeness (QED) is 0.887. The molecule has 0 aliphatic carbocycles. The van der Waals surface area contributed by atoms with Crippen molar-refractivity contribution in [1.29, 1.82) is 0 Å². The van der Waals surface area contributed by atoms with Crippen LogP contribution >= 0.6 is 0 Å². The Morgan fingerprint density at radius 1 is 1.11 bits per heavy atom. The highest BCUT2D eigenvalue weighted by Crippen LogP contribution is 2.19. The van der Waals surface area contributed by atoms with Crippen LogP contribution in [0.4, 0.5) is 0 Å². The van der Waals surface area contributed by atoms with Gasteiger partial charge in [0.25, 0.3) is 0 Å². The molecule has 1 N–H and O–H groups in total. The number of rotatable bonds is 4. The summed E-state index contributed by atoms with van der Waals surface area (Å²) in [7, 11) is 1.99. The Morgan fingerprint density at radius 3 is 2.44 bits per heavy atom. The summed E-state index contributed by atoms with van der Waals surface area (Å²) < 4.78 is 0. The van der Waals surface area contributed by atoms with Crippen LogP contribution in [-0.4, -0.2) is 12.0 Å². The summed E-state index contributed by atoms with van der Waals surface area (Å²) >= 11 is 0. The van der Waals surface area contributed by atoms with Crippen molar-refractivity contribution >= 4 is 0 Å². The zero-order valence-corrected chi connectivity index (χ0v) is 11.3. The van der Waals surface area contributed by atoms with E-state index in [4.69, 9.17) is 0 Å². The molecule has 0 fully saturated rings. The van der Waals surface area contributed by atoms with Crippen molar-refractivity contribution in [3.8, 4) is 0 Å². The lowest BCUT2D eigenvalue weighted by molar-refractivity contribution is 0.572. The third kappa shape index (κ3) is 2.96. The van der Waals surface area contributed by atoms with Crippen molar-refractivity contribution in [3.05, 3.63) is 65.0 Å². The lowest BCUT2D eigenvalue weighted by Gasteiger charge is -2.17. The second-order valence-corrected chi connectivity index (χ2v) is 4.74. The van der Waals surface area contributed by atoms with Gasteiger partial charge in [-0.15, -0.1) is 0 Å². The molecule has 0 saturated heterocycles. The molecule has 0 spiro atoms. The second-order valence-electron chi connectivity index (χ2n) is 4.74. The molecule has 2 nitrogen and oxygen atoms in total. The van der Waals surface area contributed by atoms with E-state index in [1.807, 2.05) is 19.3 Å². The molecule has 94 valence electrons. The molecule has 1 atom stereocenters. The summed E-state index contributed by atoms with van der Waals surface area (Å²) in [4.78, 5) is 4.50. The first-order chi connectivity index (χ1) is 8.70. The maximum atomic E-state index is 4.50. The zero-order valence-electron chi connectivity index (χ0n) is 11.3. The van der Waals surface area contributed by atoms with E-state index in [1.54, 1.807) is 0 Å². The summed E-state index contributed by atoms with van der Waals surface area (Å²) in [5, 5.41) is 3.36. The van der Waals surface area contributed by atoms with E-state index < -0.39 is 0 Å². The van der Waals surface area contributed by atoms with Crippen LogP contribution in [0.5, 0.6) is 0 Å². The number of aryl methyl sites for hydroxylation is 2. The molecule has 0 radical (unpaired) electrons. The minimum atomic E-state index is 0.272. The Hall–Kier alpha value is -1.67. The summed E-state index contributed by atoms with van der Waals surface area (Å²) in [6.07, 6.45) is 2.83. The molecule has 2 aromatic rings. The molecule has 1 unspecified atom stereocenters. The fourth-order valence-electron chi connectivity index (χ4n) is 2.16. The highest BCUT2D eigenvalue weighted by molar-refractivity contribution is 5.26. The summed E-state index contributed by atoms with van der Waals surface area (Å²) in [6.45, 7) is 4.23. The van der Waals surface area contributed by atoms with Crippen molar-refractivity contribution in [2.75, 3.05) is 7.05 Å². The maximum absolute atomic E-state index is 4.50. The van der Waals surface area contributed by atoms with E-state index in [-0.39, 0.29) is 6.04 Å². The van der Waals surface area contributed by atoms with Gasteiger partial charge in [-0.05, 0) is 44.5 Å². The molecular weight excluding hydrogens is 220 g/mol. The Kier molecular flexibility index (Phi) is 4.11. The lowest BCUT2D eigenvalue weighted by Crippen LogP contribution is -2.21. The molecule has 0 saturated carbocycles. The average Bonchev–Trinajstić information content (AvgIpc) is 2.39. The predicted molar refractivity (Wildman–Crippen MR) is 75.7 cm³/mol. The number of benzene rings is 1. The first-order valence-corrected chi connectivity index (χ1v) is 6.35. The van der Waals surface area contributed by atoms with Gasteiger partial charge in [0.05, 0.1) is 11.7 Å². The van der Waals surface area contributed by atoms with Crippen LogP contribution in [0, 0.1) is 13.8 Å². The molecule has 1 heterocycles. The fourth-order valence-corrected chi connectivity index (χ4v) is 2.16. The van der Waals surface area contributed by atoms with Gasteiger partial charge >= 0.3 is 0 Å². The van der Waals surface area contributed by atoms with Crippen LogP contribution < -0.4 is 5.32 Å². The summed E-state index contributed by atoms with van der Waals surface area (Å²) in [6, 6.07) is 13.1. The number of likely N-dealkylation sites (N-methyl/N-ethyl adjacent to an activating group) is 1. The number of aromatic nitrogens is 1. The van der Waals surface area contributed by atoms with Crippen LogP contribution in [0.2, 0.25) is 0 Å². The average molecular weight is 240 g/mol. The number of nitrogens with zero attached hydrogens (tertiary/aromatic N) is 1. The van der Waals surface area contributed by atoms with Crippen molar-refractivity contribution in [2.45, 2.75) is 26.3 Å². The third-order valence-electron chi connectivity index (χ3n) is 3.29. The van der Waals surface area contributed by atoms with E-state index in [1.165, 1.54) is 16.7 Å². The Balaban J connectivity index is 2.20. The normalized spacial score (nSPS) is 12.4. The Morgan fingerprint density at radius 2 is 1.83 bits per heavy atom. The van der Waals surface area contributed by atoms with Gasteiger partial charge < -0.3 is 5.32 Å². The first kappa shape index (κ1) is 12.8. The van der Waals surface area contributed by atoms with Crippen LogP contribution in [0.25, 0.3) is 0 Å². The van der Waals surface area contributed by atoms with E-state index >= 15 is 0 Å². The van der Waals surface area contributed by atoms with Crippen molar-refractivity contribution in [2.24, 2.45) is 0 Å². The van der Waals surface area contributed by atoms with Crippen molar-refractivity contribution < 1.29 is 0 Å². The van der Waals surface area contributed by atoms with E-state index in [2.05, 4.69) is 54.5 Å². The van der Waals surface area contributed by atoms with Gasteiger partial charge in [-0.3, -0.25) is 4.98 Å². The van der Waals surface area contributed by atoms with Crippen molar-refractivity contribution in [1.82, 2.24) is 10.3 Å². The summed E-state index contributed by atoms with van der Waals surface area (Å²) in [5.74, 6) is 0. The standard InChI is InChI=1S/C16H20N2/c1-12-6-8-14(9-7-12)11-15(17-3)16-13(2)5-4-10-18-16/h4-10,15,17H,11H2,1-3H3. The monoisotopic (exact) mass is 240 g/mol. The van der Waals surface area contributed by atoms with Crippen LogP contribution in [0.1, 0.15) is 28.4 Å². The van der Waals surface area contributed by atoms with Gasteiger partial charge in [0.2, 0.25) is 0 Å². The Labute approximate surface area is 109 Å². The minimum absolute atomic E-state index is 0.272. The molecule has 0 aliphatic heterocycles. The van der Waals surface area contributed by atoms with E-state index in [0.29, 0.717) is 0 Å². The molecule has 2 rings (SSSR count). The van der Waals surface area contributed by atoms with Gasteiger partial charge in [0.15, 0.2) is 0 Å². The van der Waals surface area contributed by atoms with Gasteiger partial charge in [0.1, 0.15) is 0 Å². The lowest BCUT2D eigenvalue weighted by atomic mass is 9.99. The summed E-state index contributed by atoms with van der Waals surface area (Å²) in [5.41, 5.74) is 5.02. The van der Waals surface area contributed by atoms with Crippen LogP contribution in [-0.2, 0) is 6.42 Å². The largest absolute Gasteiger partial charge is 0.311 e. The molecule has 1 aromatic carbocycles. The SMILES string of the molecule is CNC(Cc1ccc(C)cc1)c1ncccc1C. The molecule has 1 aromatic heterocycles. The van der Waals surface area contributed by atoms with Gasteiger partial charge in [-0.2, -0.15) is 0 Å². The fraction of sp³-hybridized carbons (Fsp3) is 0.312. The molecular formula is C16H20N2.